The lowest BCUT2D eigenvalue weighted by Gasteiger charge is -2.44. The van der Waals surface area contributed by atoms with Crippen molar-refractivity contribution in [2.24, 2.45) is 0 Å². The van der Waals surface area contributed by atoms with Crippen LogP contribution in [0.5, 0.6) is 0 Å². The molecule has 31 heavy (non-hydrogen) atoms. The summed E-state index contributed by atoms with van der Waals surface area (Å²) in [6.45, 7) is 11.7. The van der Waals surface area contributed by atoms with Crippen LogP contribution in [0.1, 0.15) is 78.1 Å². The number of unbranched alkanes of at least 4 members (excludes halogenated alkanes) is 7. The van der Waals surface area contributed by atoms with Gasteiger partial charge in [-0.1, -0.05) is 58.4 Å². The van der Waals surface area contributed by atoms with Gasteiger partial charge in [0, 0.05) is 12.0 Å². The zero-order valence-electron chi connectivity index (χ0n) is 20.0. The van der Waals surface area contributed by atoms with E-state index in [1.54, 1.807) is 6.92 Å². The van der Waals surface area contributed by atoms with Gasteiger partial charge in [0.05, 0.1) is 45.5 Å². The summed E-state index contributed by atoms with van der Waals surface area (Å²) in [5, 5.41) is 0. The molecule has 1 aliphatic rings. The Balaban J connectivity index is 2.48. The number of hydrogen-bond acceptors (Lipinski definition) is 5. The molecule has 1 atom stereocenters. The minimum atomic E-state index is -3.91. The maximum Gasteiger partial charge on any atom is 0.334 e. The first-order chi connectivity index (χ1) is 14.6. The fourth-order valence-electron chi connectivity index (χ4n) is 4.10. The van der Waals surface area contributed by atoms with Crippen LogP contribution < -0.4 is 0 Å². The molecule has 1 saturated heterocycles. The molecule has 1 rings (SSSR count). The van der Waals surface area contributed by atoms with Crippen molar-refractivity contribution < 1.29 is 27.0 Å². The van der Waals surface area contributed by atoms with Crippen LogP contribution in [-0.2, 0) is 19.6 Å². The van der Waals surface area contributed by atoms with Crippen molar-refractivity contribution in [3.05, 3.63) is 12.2 Å². The highest BCUT2D eigenvalue weighted by Gasteiger charge is 2.33. The molecule has 0 spiro atoms. The van der Waals surface area contributed by atoms with Gasteiger partial charge in [0.25, 0.3) is 10.1 Å². The normalized spacial score (nSPS) is 17.9. The monoisotopic (exact) mass is 461 g/mol. The van der Waals surface area contributed by atoms with E-state index in [1.165, 1.54) is 38.5 Å². The van der Waals surface area contributed by atoms with Crippen LogP contribution >= 0.6 is 0 Å². The van der Waals surface area contributed by atoms with Crippen molar-refractivity contribution >= 4 is 16.1 Å². The second-order valence-electron chi connectivity index (χ2n) is 9.37. The van der Waals surface area contributed by atoms with Crippen molar-refractivity contribution in [3.63, 3.8) is 0 Å². The van der Waals surface area contributed by atoms with E-state index in [0.717, 1.165) is 49.9 Å². The number of hydrogen-bond donors (Lipinski definition) is 1. The third kappa shape index (κ3) is 12.6. The fraction of sp³-hybridized carbons (Fsp3) is 0.870. The van der Waals surface area contributed by atoms with Crippen molar-refractivity contribution in [1.29, 1.82) is 0 Å². The number of rotatable bonds is 16. The first kappa shape index (κ1) is 28.1. The molecular formula is C23H45N2O5S+. The third-order valence-electron chi connectivity index (χ3n) is 6.26. The topological polar surface area (TPSA) is 83.9 Å². The Kier molecular flexibility index (Phi) is 12.9. The molecule has 0 aromatic carbocycles. The molecule has 0 amide bonds. The van der Waals surface area contributed by atoms with Gasteiger partial charge >= 0.3 is 5.97 Å². The Morgan fingerprint density at radius 1 is 1.06 bits per heavy atom. The first-order valence-electron chi connectivity index (χ1n) is 12.0. The molecule has 1 fully saturated rings. The number of carbonyl (C=O) groups is 1. The Hall–Kier alpha value is -0.960. The number of esters is 1. The molecule has 0 aromatic heterocycles. The predicted octanol–water partition coefficient (Wildman–Crippen LogP) is 4.00. The van der Waals surface area contributed by atoms with Crippen molar-refractivity contribution in [3.8, 4) is 0 Å². The lowest BCUT2D eigenvalue weighted by molar-refractivity contribution is -0.914. The number of ether oxygens (including phenoxy) is 1. The van der Waals surface area contributed by atoms with Crippen LogP contribution in [0.25, 0.3) is 0 Å². The second kappa shape index (κ2) is 14.2. The van der Waals surface area contributed by atoms with E-state index >= 15 is 0 Å². The van der Waals surface area contributed by atoms with Crippen LogP contribution in [0.15, 0.2) is 12.2 Å². The third-order valence-corrected chi connectivity index (χ3v) is 7.06. The highest BCUT2D eigenvalue weighted by Crippen LogP contribution is 2.20. The summed E-state index contributed by atoms with van der Waals surface area (Å²) in [5.74, 6) is -0.525. The molecule has 0 saturated carbocycles. The molecule has 0 radical (unpaired) electrons. The highest BCUT2D eigenvalue weighted by molar-refractivity contribution is 7.85. The number of piperazine rings is 1. The summed E-state index contributed by atoms with van der Waals surface area (Å²) < 4.78 is 37.4. The Labute approximate surface area is 190 Å². The average Bonchev–Trinajstić information content (AvgIpc) is 2.68. The van der Waals surface area contributed by atoms with Gasteiger partial charge in [-0.15, -0.1) is 0 Å². The van der Waals surface area contributed by atoms with Gasteiger partial charge in [0.15, 0.2) is 6.23 Å². The van der Waals surface area contributed by atoms with Gasteiger partial charge in [-0.3, -0.25) is 9.45 Å². The average molecular weight is 462 g/mol. The van der Waals surface area contributed by atoms with Crippen LogP contribution in [0.4, 0.5) is 0 Å². The van der Waals surface area contributed by atoms with Gasteiger partial charge in [-0.05, 0) is 19.8 Å². The lowest BCUT2D eigenvalue weighted by Crippen LogP contribution is -2.60. The molecule has 182 valence electrons. The quantitative estimate of drug-likeness (QED) is 0.123. The zero-order valence-corrected chi connectivity index (χ0v) is 20.8. The Bertz CT molecular complexity index is 642. The highest BCUT2D eigenvalue weighted by atomic mass is 32.2. The molecule has 1 heterocycles. The van der Waals surface area contributed by atoms with Gasteiger partial charge in [-0.25, -0.2) is 4.79 Å². The summed E-state index contributed by atoms with van der Waals surface area (Å²) >= 11 is 0. The van der Waals surface area contributed by atoms with E-state index < -0.39 is 10.1 Å². The van der Waals surface area contributed by atoms with Crippen LogP contribution in [0, 0.1) is 0 Å². The van der Waals surface area contributed by atoms with E-state index in [-0.39, 0.29) is 18.0 Å². The van der Waals surface area contributed by atoms with E-state index in [1.807, 2.05) is 0 Å². The molecule has 7 nitrogen and oxygen atoms in total. The van der Waals surface area contributed by atoms with Gasteiger partial charge in [-0.2, -0.15) is 8.42 Å². The molecule has 1 aliphatic heterocycles. The smallest absolute Gasteiger partial charge is 0.334 e. The molecule has 0 bridgehead atoms. The summed E-state index contributed by atoms with van der Waals surface area (Å²) in [7, 11) is -1.79. The molecular weight excluding hydrogens is 416 g/mol. The molecule has 1 N–H and O–H groups in total. The second-order valence-corrected chi connectivity index (χ2v) is 10.9. The van der Waals surface area contributed by atoms with Crippen LogP contribution in [-0.4, -0.2) is 80.1 Å². The predicted molar refractivity (Wildman–Crippen MR) is 125 cm³/mol. The Morgan fingerprint density at radius 2 is 1.61 bits per heavy atom. The van der Waals surface area contributed by atoms with E-state index in [2.05, 4.69) is 25.5 Å². The molecule has 1 unspecified atom stereocenters. The van der Waals surface area contributed by atoms with Gasteiger partial charge in [0.2, 0.25) is 0 Å². The molecule has 0 aromatic rings. The molecule has 8 heteroatoms. The summed E-state index contributed by atoms with van der Waals surface area (Å²) in [6, 6.07) is 0. The van der Waals surface area contributed by atoms with E-state index in [9.17, 15) is 13.2 Å². The van der Waals surface area contributed by atoms with Gasteiger partial charge < -0.3 is 9.22 Å². The van der Waals surface area contributed by atoms with Crippen LogP contribution in [0.2, 0.25) is 0 Å². The van der Waals surface area contributed by atoms with Crippen molar-refractivity contribution in [1.82, 2.24) is 4.90 Å². The standard InChI is InChI=1S/C23H44N2O5S/c1-5-6-7-8-9-10-11-12-14-22(30-23(26)21(2)3)24-15-18-25(4,19-16-24)17-13-20-31(27,28)29/h22H,2,5-20H2,1,3-4H3/p+1. The minimum Gasteiger partial charge on any atom is -0.443 e. The maximum atomic E-state index is 12.2. The maximum absolute atomic E-state index is 12.2. The lowest BCUT2D eigenvalue weighted by atomic mass is 10.1. The van der Waals surface area contributed by atoms with Crippen molar-refractivity contribution in [2.75, 3.05) is 45.5 Å². The zero-order chi connectivity index (χ0) is 23.3. The summed E-state index contributed by atoms with van der Waals surface area (Å²) in [6.07, 6.45) is 11.0. The SMILES string of the molecule is C=C(C)C(=O)OC(CCCCCCCCCC)N1CC[N+](C)(CCCS(=O)(=O)O)CC1. The van der Waals surface area contributed by atoms with E-state index in [4.69, 9.17) is 9.29 Å². The Morgan fingerprint density at radius 3 is 2.13 bits per heavy atom. The summed E-state index contributed by atoms with van der Waals surface area (Å²) in [4.78, 5) is 14.4. The largest absolute Gasteiger partial charge is 0.443 e. The fourth-order valence-corrected chi connectivity index (χ4v) is 4.59. The van der Waals surface area contributed by atoms with Crippen LogP contribution in [0.3, 0.4) is 0 Å². The number of nitrogens with zero attached hydrogens (tertiary/aromatic N) is 2. The number of likely N-dealkylation sites (N-methyl/N-ethyl adjacent to an activating group) is 1. The first-order valence-corrected chi connectivity index (χ1v) is 13.6. The number of quaternary nitrogens is 1. The molecule has 0 aliphatic carbocycles. The van der Waals surface area contributed by atoms with Gasteiger partial charge in [0.1, 0.15) is 0 Å². The van der Waals surface area contributed by atoms with Crippen molar-refractivity contribution in [2.45, 2.75) is 84.3 Å². The summed E-state index contributed by atoms with van der Waals surface area (Å²) in [5.41, 5.74) is 0.420. The van der Waals surface area contributed by atoms with E-state index in [0.29, 0.717) is 18.5 Å². The number of carbonyl (C=O) groups excluding carboxylic acids is 1. The minimum absolute atomic E-state index is 0.193.